The summed E-state index contributed by atoms with van der Waals surface area (Å²) >= 11 is 0. The van der Waals surface area contributed by atoms with Gasteiger partial charge in [-0.1, -0.05) is 18.6 Å². The molecule has 3 heteroatoms. The first-order valence-corrected chi connectivity index (χ1v) is 6.64. The Morgan fingerprint density at radius 3 is 2.94 bits per heavy atom. The topological polar surface area (TPSA) is 24.5 Å². The molecule has 3 nitrogen and oxygen atoms in total. The van der Waals surface area contributed by atoms with Crippen molar-refractivity contribution in [3.63, 3.8) is 0 Å². The van der Waals surface area contributed by atoms with Crippen LogP contribution >= 0.6 is 0 Å². The number of fused-ring (bicyclic) bond motifs is 1. The average Bonchev–Trinajstić information content (AvgIpc) is 2.40. The first-order valence-electron chi connectivity index (χ1n) is 6.64. The molecule has 1 saturated heterocycles. The lowest BCUT2D eigenvalue weighted by molar-refractivity contribution is 0.216. The highest BCUT2D eigenvalue weighted by molar-refractivity contribution is 5.61. The maximum absolute atomic E-state index is 5.81. The summed E-state index contributed by atoms with van der Waals surface area (Å²) in [7, 11) is 0. The smallest absolute Gasteiger partial charge is 0.146 e. The van der Waals surface area contributed by atoms with Gasteiger partial charge in [0.2, 0.25) is 0 Å². The molecule has 2 heterocycles. The van der Waals surface area contributed by atoms with Gasteiger partial charge in [-0.05, 0) is 32.0 Å². The fourth-order valence-corrected chi connectivity index (χ4v) is 2.72. The van der Waals surface area contributed by atoms with Crippen LogP contribution in [0.2, 0.25) is 0 Å². The highest BCUT2D eigenvalue weighted by Crippen LogP contribution is 2.32. The first kappa shape index (κ1) is 10.9. The Morgan fingerprint density at radius 2 is 2.06 bits per heavy atom. The Hall–Kier alpha value is -1.22. The van der Waals surface area contributed by atoms with Crippen molar-refractivity contribution in [3.8, 4) is 5.75 Å². The molecule has 17 heavy (non-hydrogen) atoms. The lowest BCUT2D eigenvalue weighted by Crippen LogP contribution is -2.29. The van der Waals surface area contributed by atoms with Crippen molar-refractivity contribution in [3.05, 3.63) is 23.8 Å². The molecule has 2 aliphatic heterocycles. The predicted octanol–water partition coefficient (Wildman–Crippen LogP) is 2.48. The molecule has 1 aromatic rings. The van der Waals surface area contributed by atoms with Crippen LogP contribution in [0.3, 0.4) is 0 Å². The molecule has 1 fully saturated rings. The Kier molecular flexibility index (Phi) is 3.18. The lowest BCUT2D eigenvalue weighted by Gasteiger charge is -2.28. The van der Waals surface area contributed by atoms with E-state index < -0.39 is 0 Å². The fraction of sp³-hybridized carbons (Fsp3) is 0.571. The monoisotopic (exact) mass is 232 g/mol. The van der Waals surface area contributed by atoms with Crippen LogP contribution in [0.15, 0.2) is 18.2 Å². The van der Waals surface area contributed by atoms with Gasteiger partial charge in [0, 0.05) is 18.7 Å². The van der Waals surface area contributed by atoms with Gasteiger partial charge in [-0.25, -0.2) is 0 Å². The summed E-state index contributed by atoms with van der Waals surface area (Å²) < 4.78 is 5.81. The van der Waals surface area contributed by atoms with Crippen molar-refractivity contribution >= 4 is 5.69 Å². The van der Waals surface area contributed by atoms with Crippen LogP contribution in [-0.4, -0.2) is 31.1 Å². The van der Waals surface area contributed by atoms with Crippen LogP contribution in [0.1, 0.15) is 24.8 Å². The Balaban J connectivity index is 1.77. The summed E-state index contributed by atoms with van der Waals surface area (Å²) in [5.41, 5.74) is 2.49. The Labute approximate surface area is 103 Å². The molecule has 0 aromatic heterocycles. The van der Waals surface area contributed by atoms with Crippen LogP contribution in [0.25, 0.3) is 0 Å². The summed E-state index contributed by atoms with van der Waals surface area (Å²) in [6, 6.07) is 6.43. The van der Waals surface area contributed by atoms with Crippen molar-refractivity contribution < 1.29 is 4.74 Å². The fourth-order valence-electron chi connectivity index (χ4n) is 2.72. The van der Waals surface area contributed by atoms with Crippen molar-refractivity contribution in [2.75, 3.05) is 31.6 Å². The second kappa shape index (κ2) is 4.96. The van der Waals surface area contributed by atoms with Crippen molar-refractivity contribution in [2.24, 2.45) is 0 Å². The van der Waals surface area contributed by atoms with E-state index in [4.69, 9.17) is 4.74 Å². The third-order valence-corrected chi connectivity index (χ3v) is 3.60. The molecule has 0 radical (unpaired) electrons. The minimum atomic E-state index is 0.782. The SMILES string of the molecule is c1cc(CN2CCCCC2)c2c(c1)NCCO2. The molecule has 1 aromatic carbocycles. The van der Waals surface area contributed by atoms with E-state index in [9.17, 15) is 0 Å². The van der Waals surface area contributed by atoms with Gasteiger partial charge < -0.3 is 10.1 Å². The van der Waals surface area contributed by atoms with Gasteiger partial charge >= 0.3 is 0 Å². The number of piperidine rings is 1. The molecule has 0 spiro atoms. The van der Waals surface area contributed by atoms with Crippen molar-refractivity contribution in [2.45, 2.75) is 25.8 Å². The molecule has 0 atom stereocenters. The number of ether oxygens (including phenoxy) is 1. The van der Waals surface area contributed by atoms with Crippen LogP contribution in [0, 0.1) is 0 Å². The third-order valence-electron chi connectivity index (χ3n) is 3.60. The number of likely N-dealkylation sites (tertiary alicyclic amines) is 1. The summed E-state index contributed by atoms with van der Waals surface area (Å²) in [6.07, 6.45) is 4.07. The van der Waals surface area contributed by atoms with Crippen molar-refractivity contribution in [1.29, 1.82) is 0 Å². The molecule has 0 amide bonds. The van der Waals surface area contributed by atoms with E-state index in [1.807, 2.05) is 0 Å². The van der Waals surface area contributed by atoms with Gasteiger partial charge in [-0.2, -0.15) is 0 Å². The normalized spacial score (nSPS) is 20.2. The van der Waals surface area contributed by atoms with E-state index in [2.05, 4.69) is 28.4 Å². The third kappa shape index (κ3) is 2.39. The van der Waals surface area contributed by atoms with Gasteiger partial charge in [0.1, 0.15) is 12.4 Å². The number of hydrogen-bond donors (Lipinski definition) is 1. The van der Waals surface area contributed by atoms with E-state index in [-0.39, 0.29) is 0 Å². The van der Waals surface area contributed by atoms with E-state index in [1.54, 1.807) is 0 Å². The van der Waals surface area contributed by atoms with E-state index in [0.717, 1.165) is 31.1 Å². The highest BCUT2D eigenvalue weighted by atomic mass is 16.5. The lowest BCUT2D eigenvalue weighted by atomic mass is 10.1. The quantitative estimate of drug-likeness (QED) is 0.847. The molecule has 0 aliphatic carbocycles. The van der Waals surface area contributed by atoms with Crippen LogP contribution in [0.4, 0.5) is 5.69 Å². The van der Waals surface area contributed by atoms with Crippen LogP contribution in [-0.2, 0) is 6.54 Å². The maximum atomic E-state index is 5.81. The second-order valence-corrected chi connectivity index (χ2v) is 4.91. The predicted molar refractivity (Wildman–Crippen MR) is 69.6 cm³/mol. The second-order valence-electron chi connectivity index (χ2n) is 4.91. The zero-order valence-electron chi connectivity index (χ0n) is 10.2. The van der Waals surface area contributed by atoms with Gasteiger partial charge in [-0.3, -0.25) is 4.90 Å². The molecule has 1 N–H and O–H groups in total. The number of hydrogen-bond acceptors (Lipinski definition) is 3. The molecular weight excluding hydrogens is 212 g/mol. The molecule has 92 valence electrons. The molecular formula is C14H20N2O. The molecule has 2 aliphatic rings. The number of benzene rings is 1. The zero-order valence-corrected chi connectivity index (χ0v) is 10.2. The molecule has 0 saturated carbocycles. The summed E-state index contributed by atoms with van der Waals surface area (Å²) in [5.74, 6) is 1.07. The van der Waals surface area contributed by atoms with Crippen LogP contribution in [0.5, 0.6) is 5.75 Å². The van der Waals surface area contributed by atoms with Gasteiger partial charge in [0.25, 0.3) is 0 Å². The Morgan fingerprint density at radius 1 is 1.18 bits per heavy atom. The van der Waals surface area contributed by atoms with Gasteiger partial charge in [-0.15, -0.1) is 0 Å². The largest absolute Gasteiger partial charge is 0.489 e. The van der Waals surface area contributed by atoms with Crippen LogP contribution < -0.4 is 10.1 Å². The summed E-state index contributed by atoms with van der Waals surface area (Å²) in [6.45, 7) is 5.20. The summed E-state index contributed by atoms with van der Waals surface area (Å²) in [4.78, 5) is 2.54. The minimum Gasteiger partial charge on any atom is -0.489 e. The number of para-hydroxylation sites is 1. The van der Waals surface area contributed by atoms with E-state index in [0.29, 0.717) is 0 Å². The standard InChI is InChI=1S/C14H20N2O/c1-2-8-16(9-3-1)11-12-5-4-6-13-14(12)17-10-7-15-13/h4-6,15H,1-3,7-11H2. The molecule has 3 rings (SSSR count). The van der Waals surface area contributed by atoms with E-state index in [1.165, 1.54) is 37.9 Å². The Bertz CT molecular complexity index is 386. The van der Waals surface area contributed by atoms with Crippen molar-refractivity contribution in [1.82, 2.24) is 4.90 Å². The zero-order chi connectivity index (χ0) is 11.5. The number of anilines is 1. The van der Waals surface area contributed by atoms with Gasteiger partial charge in [0.05, 0.1) is 5.69 Å². The summed E-state index contributed by atoms with van der Waals surface area (Å²) in [5, 5.41) is 3.40. The van der Waals surface area contributed by atoms with Gasteiger partial charge in [0.15, 0.2) is 0 Å². The first-order chi connectivity index (χ1) is 8.43. The van der Waals surface area contributed by atoms with E-state index >= 15 is 0 Å². The number of nitrogens with one attached hydrogen (secondary N) is 1. The number of rotatable bonds is 2. The minimum absolute atomic E-state index is 0.782. The highest BCUT2D eigenvalue weighted by Gasteiger charge is 2.17. The number of nitrogens with zero attached hydrogens (tertiary/aromatic N) is 1. The molecule has 0 unspecified atom stereocenters. The maximum Gasteiger partial charge on any atom is 0.146 e. The average molecular weight is 232 g/mol. The molecule has 0 bridgehead atoms.